The van der Waals surface area contributed by atoms with Gasteiger partial charge in [0.05, 0.1) is 5.52 Å². The zero-order chi connectivity index (χ0) is 10.1. The summed E-state index contributed by atoms with van der Waals surface area (Å²) in [6, 6.07) is 8.12. The Hall–Kier alpha value is -1.64. The molecule has 0 bridgehead atoms. The highest BCUT2D eigenvalue weighted by molar-refractivity contribution is 5.89. The molecule has 2 heterocycles. The van der Waals surface area contributed by atoms with Crippen molar-refractivity contribution in [2.45, 2.75) is 12.8 Å². The molecule has 1 saturated heterocycles. The van der Waals surface area contributed by atoms with Crippen molar-refractivity contribution in [3.63, 3.8) is 0 Å². The van der Waals surface area contributed by atoms with Crippen LogP contribution in [0.15, 0.2) is 24.3 Å². The molecular weight excluding hydrogens is 186 g/mol. The van der Waals surface area contributed by atoms with Crippen LogP contribution in [0.3, 0.4) is 0 Å². The Morgan fingerprint density at radius 3 is 2.73 bits per heavy atom. The lowest BCUT2D eigenvalue weighted by Gasteiger charge is -2.17. The zero-order valence-electron chi connectivity index (χ0n) is 8.48. The highest BCUT2D eigenvalue weighted by Gasteiger charge is 2.15. The van der Waals surface area contributed by atoms with Gasteiger partial charge in [0.25, 0.3) is 0 Å². The van der Waals surface area contributed by atoms with Gasteiger partial charge in [0.1, 0.15) is 5.82 Å². The lowest BCUT2D eigenvalue weighted by atomic mass is 10.2. The van der Waals surface area contributed by atoms with E-state index in [1.807, 2.05) is 18.2 Å². The van der Waals surface area contributed by atoms with Crippen LogP contribution in [0.5, 0.6) is 0 Å². The van der Waals surface area contributed by atoms with E-state index >= 15 is 0 Å². The van der Waals surface area contributed by atoms with Gasteiger partial charge in [-0.2, -0.15) is 0 Å². The summed E-state index contributed by atoms with van der Waals surface area (Å²) in [7, 11) is 0. The Bertz CT molecular complexity index is 470. The van der Waals surface area contributed by atoms with Crippen LogP contribution in [0.1, 0.15) is 12.8 Å². The second-order valence-electron chi connectivity index (χ2n) is 3.86. The monoisotopic (exact) mass is 198 g/mol. The van der Waals surface area contributed by atoms with Crippen molar-refractivity contribution in [3.05, 3.63) is 30.6 Å². The molecule has 0 unspecified atom stereocenters. The third-order valence-corrected chi connectivity index (χ3v) is 2.88. The predicted molar refractivity (Wildman–Crippen MR) is 59.8 cm³/mol. The highest BCUT2D eigenvalue weighted by atomic mass is 15.2. The maximum Gasteiger partial charge on any atom is 0.200 e. The maximum absolute atomic E-state index is 4.28. The fourth-order valence-electron chi connectivity index (χ4n) is 2.12. The van der Waals surface area contributed by atoms with Gasteiger partial charge in [-0.05, 0) is 25.0 Å². The van der Waals surface area contributed by atoms with Gasteiger partial charge in [0.2, 0.25) is 0 Å². The molecule has 75 valence electrons. The van der Waals surface area contributed by atoms with Crippen LogP contribution >= 0.6 is 0 Å². The first-order valence-electron chi connectivity index (χ1n) is 5.33. The predicted octanol–water partition coefficient (Wildman–Crippen LogP) is 2.03. The van der Waals surface area contributed by atoms with Crippen LogP contribution in [0, 0.1) is 6.33 Å². The highest BCUT2D eigenvalue weighted by Crippen LogP contribution is 2.25. The Kier molecular flexibility index (Phi) is 2.02. The molecule has 1 aromatic carbocycles. The van der Waals surface area contributed by atoms with E-state index in [4.69, 9.17) is 0 Å². The van der Waals surface area contributed by atoms with E-state index in [9.17, 15) is 0 Å². The summed E-state index contributed by atoms with van der Waals surface area (Å²) in [5.41, 5.74) is 0.981. The standard InChI is InChI=1S/C12H12N3/c1-2-6-11-10(5-1)12(14-9-13-11)15-7-3-4-8-15/h1-2,5-6H,3-4,7-8H2. The molecule has 0 saturated carbocycles. The molecular formula is C12H12N3. The third kappa shape index (κ3) is 1.44. The van der Waals surface area contributed by atoms with Crippen molar-refractivity contribution < 1.29 is 0 Å². The summed E-state index contributed by atoms with van der Waals surface area (Å²) in [6.07, 6.45) is 5.26. The van der Waals surface area contributed by atoms with Crippen molar-refractivity contribution in [2.75, 3.05) is 18.0 Å². The largest absolute Gasteiger partial charge is 0.356 e. The lowest BCUT2D eigenvalue weighted by Crippen LogP contribution is -2.19. The number of anilines is 1. The Morgan fingerprint density at radius 1 is 1.07 bits per heavy atom. The average Bonchev–Trinajstić information content (AvgIpc) is 2.82. The number of nitrogens with zero attached hydrogens (tertiary/aromatic N) is 3. The molecule has 0 amide bonds. The Labute approximate surface area is 88.8 Å². The Balaban J connectivity index is 2.16. The van der Waals surface area contributed by atoms with Gasteiger partial charge in [0.15, 0.2) is 6.33 Å². The van der Waals surface area contributed by atoms with Gasteiger partial charge >= 0.3 is 0 Å². The average molecular weight is 198 g/mol. The van der Waals surface area contributed by atoms with Crippen molar-refractivity contribution in [2.24, 2.45) is 0 Å². The van der Waals surface area contributed by atoms with Crippen LogP contribution in [0.25, 0.3) is 10.9 Å². The van der Waals surface area contributed by atoms with Crippen LogP contribution in [-0.4, -0.2) is 23.1 Å². The summed E-state index contributed by atoms with van der Waals surface area (Å²) in [5.74, 6) is 1.04. The van der Waals surface area contributed by atoms with E-state index in [0.29, 0.717) is 0 Å². The van der Waals surface area contributed by atoms with Gasteiger partial charge < -0.3 is 4.90 Å². The molecule has 1 aliphatic heterocycles. The molecule has 3 nitrogen and oxygen atoms in total. The summed E-state index contributed by atoms with van der Waals surface area (Å²) in [5, 5.41) is 1.14. The fourth-order valence-corrected chi connectivity index (χ4v) is 2.12. The van der Waals surface area contributed by atoms with Gasteiger partial charge in [-0.1, -0.05) is 12.1 Å². The second kappa shape index (κ2) is 3.50. The molecule has 0 spiro atoms. The quantitative estimate of drug-likeness (QED) is 0.702. The first kappa shape index (κ1) is 8.65. The van der Waals surface area contributed by atoms with Crippen LogP contribution in [0.2, 0.25) is 0 Å². The molecule has 3 heteroatoms. The normalized spacial score (nSPS) is 16.1. The molecule has 1 aromatic heterocycles. The summed E-state index contributed by atoms with van der Waals surface area (Å²) in [4.78, 5) is 10.7. The van der Waals surface area contributed by atoms with Crippen molar-refractivity contribution in [3.8, 4) is 0 Å². The maximum atomic E-state index is 4.28. The zero-order valence-corrected chi connectivity index (χ0v) is 8.48. The molecule has 0 N–H and O–H groups in total. The topological polar surface area (TPSA) is 29.0 Å². The smallest absolute Gasteiger partial charge is 0.200 e. The lowest BCUT2D eigenvalue weighted by molar-refractivity contribution is 0.937. The molecule has 1 radical (unpaired) electrons. The first-order valence-corrected chi connectivity index (χ1v) is 5.33. The van der Waals surface area contributed by atoms with Crippen LogP contribution in [0.4, 0.5) is 5.82 Å². The van der Waals surface area contributed by atoms with Gasteiger partial charge in [-0.25, -0.2) is 9.97 Å². The number of hydrogen-bond acceptors (Lipinski definition) is 3. The number of rotatable bonds is 1. The van der Waals surface area contributed by atoms with Crippen LogP contribution in [-0.2, 0) is 0 Å². The summed E-state index contributed by atoms with van der Waals surface area (Å²) in [6.45, 7) is 2.21. The molecule has 0 aliphatic carbocycles. The van der Waals surface area contributed by atoms with Crippen molar-refractivity contribution >= 4 is 16.7 Å². The molecule has 1 aliphatic rings. The van der Waals surface area contributed by atoms with Gasteiger partial charge in [-0.3, -0.25) is 0 Å². The van der Waals surface area contributed by atoms with E-state index in [-0.39, 0.29) is 0 Å². The summed E-state index contributed by atoms with van der Waals surface area (Å²) >= 11 is 0. The van der Waals surface area contributed by atoms with Crippen LogP contribution < -0.4 is 4.90 Å². The van der Waals surface area contributed by atoms with E-state index in [0.717, 1.165) is 29.8 Å². The first-order chi connectivity index (χ1) is 7.45. The third-order valence-electron chi connectivity index (χ3n) is 2.88. The molecule has 3 rings (SSSR count). The minimum atomic E-state index is 0.981. The fraction of sp³-hybridized carbons (Fsp3) is 0.333. The van der Waals surface area contributed by atoms with Gasteiger partial charge in [-0.15, -0.1) is 0 Å². The van der Waals surface area contributed by atoms with Crippen molar-refractivity contribution in [1.82, 2.24) is 9.97 Å². The molecule has 0 atom stereocenters. The molecule has 2 aromatic rings. The second-order valence-corrected chi connectivity index (χ2v) is 3.86. The number of fused-ring (bicyclic) bond motifs is 1. The minimum Gasteiger partial charge on any atom is -0.356 e. The molecule has 1 fully saturated rings. The van der Waals surface area contributed by atoms with Crippen molar-refractivity contribution in [1.29, 1.82) is 0 Å². The number of para-hydroxylation sites is 1. The van der Waals surface area contributed by atoms with Gasteiger partial charge in [0, 0.05) is 18.5 Å². The van der Waals surface area contributed by atoms with E-state index in [2.05, 4.69) is 27.3 Å². The van der Waals surface area contributed by atoms with E-state index in [1.165, 1.54) is 12.8 Å². The summed E-state index contributed by atoms with van der Waals surface area (Å²) < 4.78 is 0. The number of aromatic nitrogens is 2. The Morgan fingerprint density at radius 2 is 1.87 bits per heavy atom. The SMILES string of the molecule is [c]1nc(N2CCCC2)c2ccccc2n1. The molecule has 15 heavy (non-hydrogen) atoms. The number of hydrogen-bond donors (Lipinski definition) is 0. The number of benzene rings is 1. The van der Waals surface area contributed by atoms with E-state index < -0.39 is 0 Å². The minimum absolute atomic E-state index is 0.981. The van der Waals surface area contributed by atoms with E-state index in [1.54, 1.807) is 0 Å².